The summed E-state index contributed by atoms with van der Waals surface area (Å²) >= 11 is 5.84. The van der Waals surface area contributed by atoms with Gasteiger partial charge < -0.3 is 24.3 Å². The van der Waals surface area contributed by atoms with Crippen LogP contribution in [0.4, 0.5) is 0 Å². The van der Waals surface area contributed by atoms with E-state index in [1.165, 1.54) is 32.4 Å². The van der Waals surface area contributed by atoms with Gasteiger partial charge in [-0.25, -0.2) is 4.68 Å². The second-order valence-electron chi connectivity index (χ2n) is 9.26. The minimum absolute atomic E-state index is 0.157. The summed E-state index contributed by atoms with van der Waals surface area (Å²) < 4.78 is 26.3. The molecule has 1 aromatic carbocycles. The van der Waals surface area contributed by atoms with E-state index >= 15 is 0 Å². The predicted octanol–water partition coefficient (Wildman–Crippen LogP) is 2.24. The third-order valence-electron chi connectivity index (χ3n) is 6.11. The van der Waals surface area contributed by atoms with E-state index in [-0.39, 0.29) is 12.6 Å². The summed E-state index contributed by atoms with van der Waals surface area (Å²) in [6.07, 6.45) is -2.69. The molecule has 1 aliphatic carbocycles. The molecule has 1 N–H and O–H groups in total. The highest BCUT2D eigenvalue weighted by molar-refractivity contribution is 7.71. The average molecular weight is 547 g/mol. The number of ether oxygens (including phenoxy) is 4. The van der Waals surface area contributed by atoms with Crippen molar-refractivity contribution in [3.8, 4) is 11.4 Å². The summed E-state index contributed by atoms with van der Waals surface area (Å²) in [6.45, 7) is 4.60. The molecule has 2 fully saturated rings. The largest absolute Gasteiger partial charge is 0.463 e. The van der Waals surface area contributed by atoms with Crippen LogP contribution in [0.3, 0.4) is 0 Å². The molecule has 2 aliphatic rings. The SMILES string of the molecule is CC(=O)N[C@@H]1[C@@H](OC(C)=O)[C@H](OC(C)=O)[C@@H](COC(C)=O)O[C@H]1n1nc(-c2ccccc2)n(C2CC2)c1=S. The van der Waals surface area contributed by atoms with Gasteiger partial charge >= 0.3 is 17.9 Å². The fourth-order valence-corrected chi connectivity index (χ4v) is 4.90. The monoisotopic (exact) mass is 546 g/mol. The summed E-state index contributed by atoms with van der Waals surface area (Å²) in [4.78, 5) is 48.1. The summed E-state index contributed by atoms with van der Waals surface area (Å²) in [5.41, 5.74) is 0.835. The van der Waals surface area contributed by atoms with Gasteiger partial charge in [0, 0.05) is 39.3 Å². The lowest BCUT2D eigenvalue weighted by Crippen LogP contribution is -2.64. The lowest BCUT2D eigenvalue weighted by Gasteiger charge is -2.45. The number of rotatable bonds is 8. The molecule has 0 spiro atoms. The van der Waals surface area contributed by atoms with Crippen LogP contribution in [-0.4, -0.2) is 69.1 Å². The maximum absolute atomic E-state index is 12.3. The Kier molecular flexibility index (Phi) is 8.26. The maximum Gasteiger partial charge on any atom is 0.303 e. The van der Waals surface area contributed by atoms with Crippen LogP contribution in [0.15, 0.2) is 30.3 Å². The second kappa shape index (κ2) is 11.4. The van der Waals surface area contributed by atoms with Crippen LogP contribution in [0.5, 0.6) is 0 Å². The molecule has 2 heterocycles. The Bertz CT molecular complexity index is 1270. The van der Waals surface area contributed by atoms with Gasteiger partial charge in [0.1, 0.15) is 18.8 Å². The van der Waals surface area contributed by atoms with Crippen LogP contribution in [0, 0.1) is 4.77 Å². The van der Waals surface area contributed by atoms with E-state index in [4.69, 9.17) is 36.3 Å². The number of aromatic nitrogens is 3. The van der Waals surface area contributed by atoms with E-state index in [1.54, 1.807) is 0 Å². The summed E-state index contributed by atoms with van der Waals surface area (Å²) in [7, 11) is 0. The number of benzene rings is 1. The van der Waals surface area contributed by atoms with Gasteiger partial charge in [-0.2, -0.15) is 0 Å². The first-order chi connectivity index (χ1) is 18.1. The van der Waals surface area contributed by atoms with Crippen LogP contribution in [0.1, 0.15) is 52.8 Å². The van der Waals surface area contributed by atoms with Gasteiger partial charge in [0.2, 0.25) is 10.7 Å². The standard InChI is InChI=1S/C25H30N4O8S/c1-13(30)26-20-22(36-16(4)33)21(35-15(3)32)19(12-34-14(2)31)37-24(20)29-25(38)28(18-10-11-18)23(27-29)17-8-6-5-7-9-17/h5-9,18-22,24H,10-12H2,1-4H3,(H,26,30)/t19-,20-,21-,22-,24-/m1/s1. The van der Waals surface area contributed by atoms with Crippen molar-refractivity contribution in [2.24, 2.45) is 0 Å². The van der Waals surface area contributed by atoms with Crippen LogP contribution in [0.2, 0.25) is 0 Å². The molecule has 2 aromatic rings. The molecule has 5 atom stereocenters. The van der Waals surface area contributed by atoms with Gasteiger partial charge in [-0.05, 0) is 25.1 Å². The van der Waals surface area contributed by atoms with Crippen LogP contribution in [0.25, 0.3) is 11.4 Å². The van der Waals surface area contributed by atoms with Crippen molar-refractivity contribution < 1.29 is 38.1 Å². The van der Waals surface area contributed by atoms with Gasteiger partial charge in [0.25, 0.3) is 0 Å². The zero-order valence-corrected chi connectivity index (χ0v) is 22.3. The minimum Gasteiger partial charge on any atom is -0.463 e. The number of nitrogens with zero attached hydrogens (tertiary/aromatic N) is 3. The molecular weight excluding hydrogens is 516 g/mol. The van der Waals surface area contributed by atoms with Crippen LogP contribution >= 0.6 is 12.2 Å². The van der Waals surface area contributed by atoms with E-state index < -0.39 is 54.4 Å². The smallest absolute Gasteiger partial charge is 0.303 e. The molecular formula is C25H30N4O8S. The van der Waals surface area contributed by atoms with Gasteiger partial charge in [0.15, 0.2) is 24.3 Å². The molecule has 12 nitrogen and oxygen atoms in total. The Balaban J connectivity index is 1.85. The third-order valence-corrected chi connectivity index (χ3v) is 6.49. The molecule has 1 aliphatic heterocycles. The van der Waals surface area contributed by atoms with Gasteiger partial charge in [-0.15, -0.1) is 5.10 Å². The fraction of sp³-hybridized carbons (Fsp3) is 0.520. The van der Waals surface area contributed by atoms with Crippen LogP contribution in [-0.2, 0) is 38.1 Å². The Hall–Kier alpha value is -3.58. The molecule has 1 saturated carbocycles. The van der Waals surface area contributed by atoms with Crippen molar-refractivity contribution in [3.63, 3.8) is 0 Å². The van der Waals surface area contributed by atoms with E-state index in [0.29, 0.717) is 10.6 Å². The number of carbonyl (C=O) groups excluding carboxylic acids is 4. The average Bonchev–Trinajstić information content (AvgIpc) is 3.62. The van der Waals surface area contributed by atoms with Crippen molar-refractivity contribution in [2.45, 2.75) is 77.2 Å². The molecule has 38 heavy (non-hydrogen) atoms. The number of hydrogen-bond acceptors (Lipinski definition) is 10. The lowest BCUT2D eigenvalue weighted by molar-refractivity contribution is -0.239. The highest BCUT2D eigenvalue weighted by Gasteiger charge is 2.52. The molecule has 1 amide bonds. The quantitative estimate of drug-likeness (QED) is 0.298. The molecule has 1 aromatic heterocycles. The van der Waals surface area contributed by atoms with E-state index in [9.17, 15) is 19.2 Å². The van der Waals surface area contributed by atoms with Crippen LogP contribution < -0.4 is 5.32 Å². The van der Waals surface area contributed by atoms with Crippen molar-refractivity contribution in [2.75, 3.05) is 6.61 Å². The van der Waals surface area contributed by atoms with E-state index in [0.717, 1.165) is 18.4 Å². The zero-order chi connectivity index (χ0) is 27.6. The summed E-state index contributed by atoms with van der Waals surface area (Å²) in [6, 6.07) is 8.61. The summed E-state index contributed by atoms with van der Waals surface area (Å²) in [5.74, 6) is -1.76. The topological polar surface area (TPSA) is 140 Å². The number of esters is 3. The first kappa shape index (κ1) is 27.5. The molecule has 0 unspecified atom stereocenters. The molecule has 13 heteroatoms. The Labute approximate surface area is 224 Å². The van der Waals surface area contributed by atoms with Gasteiger partial charge in [-0.1, -0.05) is 30.3 Å². The highest BCUT2D eigenvalue weighted by Crippen LogP contribution is 2.40. The van der Waals surface area contributed by atoms with Gasteiger partial charge in [-0.3, -0.25) is 23.7 Å². The Morgan fingerprint density at radius 3 is 2.18 bits per heavy atom. The van der Waals surface area contributed by atoms with Crippen molar-refractivity contribution >= 4 is 36.0 Å². The second-order valence-corrected chi connectivity index (χ2v) is 9.63. The zero-order valence-electron chi connectivity index (χ0n) is 21.5. The lowest BCUT2D eigenvalue weighted by atomic mass is 9.95. The van der Waals surface area contributed by atoms with Crippen molar-refractivity contribution in [1.82, 2.24) is 19.7 Å². The number of nitrogens with one attached hydrogen (secondary N) is 1. The summed E-state index contributed by atoms with van der Waals surface area (Å²) in [5, 5.41) is 7.55. The van der Waals surface area contributed by atoms with Crippen molar-refractivity contribution in [3.05, 3.63) is 35.1 Å². The molecule has 4 rings (SSSR count). The van der Waals surface area contributed by atoms with E-state index in [2.05, 4.69) is 5.32 Å². The highest BCUT2D eigenvalue weighted by atomic mass is 32.1. The molecule has 0 radical (unpaired) electrons. The molecule has 0 bridgehead atoms. The Morgan fingerprint density at radius 2 is 1.63 bits per heavy atom. The fourth-order valence-electron chi connectivity index (χ4n) is 4.52. The number of amides is 1. The van der Waals surface area contributed by atoms with Crippen molar-refractivity contribution in [1.29, 1.82) is 0 Å². The predicted molar refractivity (Wildman–Crippen MR) is 134 cm³/mol. The number of hydrogen-bond donors (Lipinski definition) is 1. The molecule has 1 saturated heterocycles. The first-order valence-corrected chi connectivity index (χ1v) is 12.6. The normalized spacial score (nSPS) is 24.8. The van der Waals surface area contributed by atoms with E-state index in [1.807, 2.05) is 34.9 Å². The maximum atomic E-state index is 12.3. The Morgan fingerprint density at radius 1 is 1.00 bits per heavy atom. The van der Waals surface area contributed by atoms with Gasteiger partial charge in [0.05, 0.1) is 0 Å². The third kappa shape index (κ3) is 6.10. The first-order valence-electron chi connectivity index (χ1n) is 12.2. The molecule has 204 valence electrons. The minimum atomic E-state index is -1.20. The number of carbonyl (C=O) groups is 4.